The van der Waals surface area contributed by atoms with Crippen LogP contribution in [0.4, 0.5) is 0 Å². The van der Waals surface area contributed by atoms with E-state index in [9.17, 15) is 4.79 Å². The minimum atomic E-state index is -0.948. The van der Waals surface area contributed by atoms with Crippen LogP contribution in [-0.2, 0) is 11.2 Å². The van der Waals surface area contributed by atoms with Gasteiger partial charge in [0.1, 0.15) is 17.9 Å². The van der Waals surface area contributed by atoms with Crippen molar-refractivity contribution in [2.45, 2.75) is 6.42 Å². The summed E-state index contributed by atoms with van der Waals surface area (Å²) in [4.78, 5) is 15.3. The molecule has 0 aliphatic carbocycles. The Bertz CT molecular complexity index is 491. The molecule has 1 N–H and O–H groups in total. The Balaban J connectivity index is 2.36. The van der Waals surface area contributed by atoms with Crippen LogP contribution in [0.25, 0.3) is 10.6 Å². The van der Waals surface area contributed by atoms with Gasteiger partial charge in [-0.2, -0.15) is 0 Å². The molecule has 0 saturated carbocycles. The van der Waals surface area contributed by atoms with Crippen molar-refractivity contribution in [2.24, 2.45) is 0 Å². The molecule has 0 atom stereocenters. The molecule has 0 fully saturated rings. The van der Waals surface area contributed by atoms with Crippen molar-refractivity contribution in [1.29, 1.82) is 0 Å². The summed E-state index contributed by atoms with van der Waals surface area (Å²) in [5.41, 5.74) is 0.550. The van der Waals surface area contributed by atoms with Crippen LogP contribution in [0.5, 0.6) is 0 Å². The first-order valence-electron chi connectivity index (χ1n) is 4.06. The van der Waals surface area contributed by atoms with E-state index < -0.39 is 5.97 Å². The maximum Gasteiger partial charge on any atom is 0.311 e. The van der Waals surface area contributed by atoms with E-state index in [1.54, 1.807) is 12.1 Å². The molecule has 0 amide bonds. The Labute approximate surface area is 94.1 Å². The van der Waals surface area contributed by atoms with Gasteiger partial charge in [-0.3, -0.25) is 4.79 Å². The summed E-state index contributed by atoms with van der Waals surface area (Å²) in [6, 6.07) is 3.52. The van der Waals surface area contributed by atoms with Gasteiger partial charge >= 0.3 is 5.97 Å². The third kappa shape index (κ3) is 2.19. The highest BCUT2D eigenvalue weighted by Crippen LogP contribution is 2.32. The van der Waals surface area contributed by atoms with Crippen molar-refractivity contribution in [3.63, 3.8) is 0 Å². The van der Waals surface area contributed by atoms with Crippen LogP contribution in [0.3, 0.4) is 0 Å². The first kappa shape index (κ1) is 10.2. The minimum Gasteiger partial charge on any atom is -0.481 e. The Hall–Kier alpha value is -1.33. The van der Waals surface area contributed by atoms with E-state index in [1.807, 2.05) is 0 Å². The van der Waals surface area contributed by atoms with Gasteiger partial charge in [0.05, 0.1) is 9.21 Å². The van der Waals surface area contributed by atoms with Crippen molar-refractivity contribution in [3.8, 4) is 10.6 Å². The number of aliphatic carboxylic acids is 1. The van der Waals surface area contributed by atoms with E-state index in [0.717, 1.165) is 4.88 Å². The number of halogens is 1. The second-order valence-electron chi connectivity index (χ2n) is 2.80. The summed E-state index contributed by atoms with van der Waals surface area (Å²) < 4.78 is 5.64. The zero-order valence-corrected chi connectivity index (χ0v) is 9.01. The number of hydrogen-bond acceptors (Lipinski definition) is 4. The fraction of sp³-hybridized carbons (Fsp3) is 0.111. The zero-order valence-electron chi connectivity index (χ0n) is 7.44. The largest absolute Gasteiger partial charge is 0.481 e. The van der Waals surface area contributed by atoms with E-state index in [4.69, 9.17) is 21.1 Å². The smallest absolute Gasteiger partial charge is 0.311 e. The number of thiophene rings is 1. The first-order chi connectivity index (χ1) is 7.16. The van der Waals surface area contributed by atoms with Gasteiger partial charge in [0.15, 0.2) is 6.39 Å². The molecular weight excluding hydrogens is 238 g/mol. The molecule has 0 aromatic carbocycles. The topological polar surface area (TPSA) is 63.3 Å². The molecule has 2 heterocycles. The maximum absolute atomic E-state index is 10.5. The summed E-state index contributed by atoms with van der Waals surface area (Å²) in [6.45, 7) is 0. The molecule has 0 bridgehead atoms. The number of oxazole rings is 1. The molecule has 2 aromatic heterocycles. The number of hydrogen-bond donors (Lipinski definition) is 1. The zero-order chi connectivity index (χ0) is 10.8. The molecule has 0 aliphatic rings. The lowest BCUT2D eigenvalue weighted by Crippen LogP contribution is -1.99. The molecule has 78 valence electrons. The van der Waals surface area contributed by atoms with Crippen LogP contribution >= 0.6 is 22.9 Å². The molecule has 0 saturated heterocycles. The summed E-state index contributed by atoms with van der Waals surface area (Å²) in [6.07, 6.45) is 1.06. The second kappa shape index (κ2) is 4.04. The SMILES string of the molecule is O=C(O)Cc1ocnc1-c1ccc(Cl)s1. The molecular formula is C9H6ClNO3S. The van der Waals surface area contributed by atoms with Crippen molar-refractivity contribution < 1.29 is 14.3 Å². The van der Waals surface area contributed by atoms with E-state index in [2.05, 4.69) is 4.98 Å². The lowest BCUT2D eigenvalue weighted by Gasteiger charge is -1.94. The van der Waals surface area contributed by atoms with Crippen LogP contribution in [-0.4, -0.2) is 16.1 Å². The highest BCUT2D eigenvalue weighted by Gasteiger charge is 2.15. The van der Waals surface area contributed by atoms with Crippen LogP contribution < -0.4 is 0 Å². The summed E-state index contributed by atoms with van der Waals surface area (Å²) in [5.74, 6) is -0.600. The molecule has 0 radical (unpaired) electrons. The maximum atomic E-state index is 10.5. The minimum absolute atomic E-state index is 0.176. The Morgan fingerprint density at radius 3 is 3.00 bits per heavy atom. The van der Waals surface area contributed by atoms with Crippen LogP contribution in [0, 0.1) is 0 Å². The highest BCUT2D eigenvalue weighted by molar-refractivity contribution is 7.19. The average Bonchev–Trinajstić information content (AvgIpc) is 2.72. The van der Waals surface area contributed by atoms with Gasteiger partial charge < -0.3 is 9.52 Å². The summed E-state index contributed by atoms with van der Waals surface area (Å²) >= 11 is 7.12. The fourth-order valence-electron chi connectivity index (χ4n) is 1.18. The molecule has 0 unspecified atom stereocenters. The van der Waals surface area contributed by atoms with Crippen LogP contribution in [0.15, 0.2) is 22.9 Å². The molecule has 0 aliphatic heterocycles. The Kier molecular flexibility index (Phi) is 2.75. The van der Waals surface area contributed by atoms with E-state index in [-0.39, 0.29) is 6.42 Å². The van der Waals surface area contributed by atoms with Crippen LogP contribution in [0.1, 0.15) is 5.76 Å². The van der Waals surface area contributed by atoms with Gasteiger partial charge in [-0.15, -0.1) is 11.3 Å². The van der Waals surface area contributed by atoms with Gasteiger partial charge in [0, 0.05) is 0 Å². The molecule has 4 nitrogen and oxygen atoms in total. The van der Waals surface area contributed by atoms with Crippen molar-refractivity contribution in [3.05, 3.63) is 28.6 Å². The van der Waals surface area contributed by atoms with Gasteiger partial charge in [-0.25, -0.2) is 4.98 Å². The van der Waals surface area contributed by atoms with Gasteiger partial charge in [0.25, 0.3) is 0 Å². The quantitative estimate of drug-likeness (QED) is 0.900. The lowest BCUT2D eigenvalue weighted by atomic mass is 10.2. The van der Waals surface area contributed by atoms with Crippen molar-refractivity contribution in [2.75, 3.05) is 0 Å². The second-order valence-corrected chi connectivity index (χ2v) is 4.51. The van der Waals surface area contributed by atoms with Gasteiger partial charge in [0.2, 0.25) is 0 Å². The standard InChI is InChI=1S/C9H6ClNO3S/c10-7-2-1-6(15-7)9-5(3-8(12)13)14-4-11-9/h1-2,4H,3H2,(H,12,13). The Morgan fingerprint density at radius 2 is 2.40 bits per heavy atom. The fourth-order valence-corrected chi connectivity index (χ4v) is 2.23. The van der Waals surface area contributed by atoms with Crippen molar-refractivity contribution in [1.82, 2.24) is 4.98 Å². The molecule has 15 heavy (non-hydrogen) atoms. The molecule has 0 spiro atoms. The van der Waals surface area contributed by atoms with Crippen LogP contribution in [0.2, 0.25) is 4.34 Å². The molecule has 6 heteroatoms. The van der Waals surface area contributed by atoms with E-state index >= 15 is 0 Å². The lowest BCUT2D eigenvalue weighted by molar-refractivity contribution is -0.136. The van der Waals surface area contributed by atoms with Crippen molar-refractivity contribution >= 4 is 28.9 Å². The molecule has 2 rings (SSSR count). The number of carboxylic acids is 1. The van der Waals surface area contributed by atoms with Gasteiger partial charge in [-0.1, -0.05) is 11.6 Å². The number of rotatable bonds is 3. The number of carbonyl (C=O) groups is 1. The predicted molar refractivity (Wildman–Crippen MR) is 56.2 cm³/mol. The normalized spacial score (nSPS) is 10.5. The average molecular weight is 244 g/mol. The summed E-state index contributed by atoms with van der Waals surface area (Å²) in [5, 5.41) is 8.65. The third-order valence-electron chi connectivity index (χ3n) is 1.76. The highest BCUT2D eigenvalue weighted by atomic mass is 35.5. The summed E-state index contributed by atoms with van der Waals surface area (Å²) in [7, 11) is 0. The monoisotopic (exact) mass is 243 g/mol. The number of aromatic nitrogens is 1. The Morgan fingerprint density at radius 1 is 1.60 bits per heavy atom. The number of carboxylic acid groups (broad SMARTS) is 1. The van der Waals surface area contributed by atoms with E-state index in [0.29, 0.717) is 15.8 Å². The predicted octanol–water partition coefficient (Wildman–Crippen LogP) is 2.68. The molecule has 2 aromatic rings. The third-order valence-corrected chi connectivity index (χ3v) is 3.00. The first-order valence-corrected chi connectivity index (χ1v) is 5.26. The van der Waals surface area contributed by atoms with Gasteiger partial charge in [-0.05, 0) is 12.1 Å². The van der Waals surface area contributed by atoms with E-state index in [1.165, 1.54) is 17.7 Å². The number of nitrogens with zero attached hydrogens (tertiary/aromatic N) is 1.